The lowest BCUT2D eigenvalue weighted by Gasteiger charge is -2.20. The monoisotopic (exact) mass is 304 g/mol. The van der Waals surface area contributed by atoms with Gasteiger partial charge in [-0.15, -0.1) is 0 Å². The summed E-state index contributed by atoms with van der Waals surface area (Å²) < 4.78 is 5.09. The van der Waals surface area contributed by atoms with Crippen molar-refractivity contribution < 1.29 is 19.4 Å². The van der Waals surface area contributed by atoms with Crippen LogP contribution in [-0.2, 0) is 9.53 Å². The largest absolute Gasteiger partial charge is 0.444 e. The van der Waals surface area contributed by atoms with Gasteiger partial charge >= 0.3 is 6.09 Å². The van der Waals surface area contributed by atoms with E-state index in [9.17, 15) is 14.7 Å². The topological polar surface area (TPSA) is 87.7 Å². The van der Waals surface area contributed by atoms with Gasteiger partial charge in [0, 0.05) is 11.3 Å². The second-order valence-electron chi connectivity index (χ2n) is 5.49. The third-order valence-electron chi connectivity index (χ3n) is 2.37. The highest BCUT2D eigenvalue weighted by atomic mass is 16.6. The third-order valence-corrected chi connectivity index (χ3v) is 2.37. The summed E-state index contributed by atoms with van der Waals surface area (Å²) in [6, 6.07) is 6.13. The Hall–Kier alpha value is -2.52. The van der Waals surface area contributed by atoms with E-state index in [0.717, 1.165) is 0 Å². The molecule has 0 saturated carbocycles. The summed E-state index contributed by atoms with van der Waals surface area (Å²) in [5.74, 6) is 5.59. The van der Waals surface area contributed by atoms with Gasteiger partial charge in [-0.1, -0.05) is 11.8 Å². The third kappa shape index (κ3) is 6.77. The summed E-state index contributed by atoms with van der Waals surface area (Å²) >= 11 is 0. The highest BCUT2D eigenvalue weighted by molar-refractivity contribution is 5.71. The Morgan fingerprint density at radius 2 is 2.00 bits per heavy atom. The van der Waals surface area contributed by atoms with Gasteiger partial charge in [-0.25, -0.2) is 4.79 Å². The van der Waals surface area contributed by atoms with Crippen LogP contribution in [0.3, 0.4) is 0 Å². The quantitative estimate of drug-likeness (QED) is 0.581. The summed E-state index contributed by atoms with van der Waals surface area (Å²) in [5, 5.41) is 14.2. The zero-order chi connectivity index (χ0) is 16.6. The molecule has 0 aromatic heterocycles. The van der Waals surface area contributed by atoms with Crippen LogP contribution < -0.4 is 10.6 Å². The molecule has 0 aliphatic heterocycles. The number of alkyl carbamates (subject to hydrolysis) is 1. The average molecular weight is 304 g/mol. The lowest BCUT2D eigenvalue weighted by Crippen LogP contribution is -2.40. The molecule has 1 aromatic rings. The Balaban J connectivity index is 2.66. The highest BCUT2D eigenvalue weighted by Gasteiger charge is 2.18. The molecule has 0 fully saturated rings. The molecule has 0 aliphatic carbocycles. The van der Waals surface area contributed by atoms with Crippen molar-refractivity contribution in [1.29, 1.82) is 0 Å². The van der Waals surface area contributed by atoms with E-state index in [1.54, 1.807) is 45.0 Å². The summed E-state index contributed by atoms with van der Waals surface area (Å²) in [6.07, 6.45) is -0.0425. The molecule has 0 aliphatic rings. The van der Waals surface area contributed by atoms with Gasteiger partial charge in [0.2, 0.25) is 6.41 Å². The SMILES string of the molecule is CC(C)(C)OC(=O)NC(C#Cc1ccc(NC=O)cc1)CO. The molecule has 6 nitrogen and oxygen atoms in total. The number of benzene rings is 1. The molecule has 0 radical (unpaired) electrons. The van der Waals surface area contributed by atoms with Gasteiger partial charge in [-0.05, 0) is 45.0 Å². The van der Waals surface area contributed by atoms with Crippen LogP contribution in [0.25, 0.3) is 0 Å². The first kappa shape index (κ1) is 17.5. The maximum atomic E-state index is 11.6. The van der Waals surface area contributed by atoms with E-state index in [-0.39, 0.29) is 6.61 Å². The lowest BCUT2D eigenvalue weighted by atomic mass is 10.2. The van der Waals surface area contributed by atoms with Crippen molar-refractivity contribution in [3.05, 3.63) is 29.8 Å². The van der Waals surface area contributed by atoms with Gasteiger partial charge in [0.1, 0.15) is 11.6 Å². The van der Waals surface area contributed by atoms with Crippen molar-refractivity contribution in [2.75, 3.05) is 11.9 Å². The van der Waals surface area contributed by atoms with Crippen LogP contribution in [0.4, 0.5) is 10.5 Å². The van der Waals surface area contributed by atoms with Crippen LogP contribution >= 0.6 is 0 Å². The summed E-state index contributed by atoms with van der Waals surface area (Å²) in [4.78, 5) is 21.9. The van der Waals surface area contributed by atoms with E-state index in [1.165, 1.54) is 0 Å². The Bertz CT molecular complexity index is 565. The van der Waals surface area contributed by atoms with Gasteiger partial charge in [0.25, 0.3) is 0 Å². The number of rotatable bonds is 4. The molecular formula is C16H20N2O4. The van der Waals surface area contributed by atoms with Gasteiger partial charge in [0.05, 0.1) is 6.61 Å². The minimum atomic E-state index is -0.720. The van der Waals surface area contributed by atoms with Gasteiger partial charge in [-0.2, -0.15) is 0 Å². The number of hydrogen-bond acceptors (Lipinski definition) is 4. The van der Waals surface area contributed by atoms with E-state index in [2.05, 4.69) is 22.5 Å². The van der Waals surface area contributed by atoms with Crippen molar-refractivity contribution in [2.24, 2.45) is 0 Å². The zero-order valence-corrected chi connectivity index (χ0v) is 12.8. The Morgan fingerprint density at radius 3 is 2.50 bits per heavy atom. The highest BCUT2D eigenvalue weighted by Crippen LogP contribution is 2.08. The maximum Gasteiger partial charge on any atom is 0.408 e. The first-order valence-corrected chi connectivity index (χ1v) is 6.76. The number of ether oxygens (including phenoxy) is 1. The molecule has 1 rings (SSSR count). The number of aliphatic hydroxyl groups is 1. The predicted molar refractivity (Wildman–Crippen MR) is 83.3 cm³/mol. The van der Waals surface area contributed by atoms with Gasteiger partial charge in [-0.3, -0.25) is 4.79 Å². The van der Waals surface area contributed by atoms with Crippen LogP contribution in [0.15, 0.2) is 24.3 Å². The molecule has 1 aromatic carbocycles. The second kappa shape index (κ2) is 8.05. The predicted octanol–water partition coefficient (Wildman–Crippen LogP) is 1.49. The number of carbonyl (C=O) groups is 2. The fraction of sp³-hybridized carbons (Fsp3) is 0.375. The van der Waals surface area contributed by atoms with Gasteiger partial charge in [0.15, 0.2) is 0 Å². The van der Waals surface area contributed by atoms with E-state index < -0.39 is 17.7 Å². The molecule has 0 spiro atoms. The second-order valence-corrected chi connectivity index (χ2v) is 5.49. The molecule has 6 heteroatoms. The van der Waals surface area contributed by atoms with E-state index in [0.29, 0.717) is 17.7 Å². The van der Waals surface area contributed by atoms with E-state index in [4.69, 9.17) is 4.74 Å². The number of aliphatic hydroxyl groups excluding tert-OH is 1. The van der Waals surface area contributed by atoms with E-state index in [1.807, 2.05) is 0 Å². The molecule has 0 bridgehead atoms. The lowest BCUT2D eigenvalue weighted by molar-refractivity contribution is -0.105. The molecule has 1 atom stereocenters. The average Bonchev–Trinajstić information content (AvgIpc) is 2.43. The maximum absolute atomic E-state index is 11.6. The Morgan fingerprint density at radius 1 is 1.36 bits per heavy atom. The number of anilines is 1. The van der Waals surface area contributed by atoms with Crippen molar-refractivity contribution in [3.63, 3.8) is 0 Å². The number of hydrogen-bond donors (Lipinski definition) is 3. The van der Waals surface area contributed by atoms with Gasteiger partial charge < -0.3 is 20.5 Å². The first-order valence-electron chi connectivity index (χ1n) is 6.76. The molecule has 2 amide bonds. The Kier molecular flexibility index (Phi) is 6.42. The summed E-state index contributed by atoms with van der Waals surface area (Å²) in [6.45, 7) is 4.93. The fourth-order valence-corrected chi connectivity index (χ4v) is 1.47. The van der Waals surface area contributed by atoms with Crippen molar-refractivity contribution in [2.45, 2.75) is 32.4 Å². The van der Waals surface area contributed by atoms with Crippen molar-refractivity contribution in [1.82, 2.24) is 5.32 Å². The first-order chi connectivity index (χ1) is 10.3. The smallest absolute Gasteiger partial charge is 0.408 e. The van der Waals surface area contributed by atoms with Crippen LogP contribution in [-0.4, -0.2) is 35.9 Å². The van der Waals surface area contributed by atoms with E-state index >= 15 is 0 Å². The van der Waals surface area contributed by atoms with Crippen LogP contribution in [0.1, 0.15) is 26.3 Å². The van der Waals surface area contributed by atoms with Crippen LogP contribution in [0, 0.1) is 11.8 Å². The van der Waals surface area contributed by atoms with Crippen LogP contribution in [0.2, 0.25) is 0 Å². The summed E-state index contributed by atoms with van der Waals surface area (Å²) in [5.41, 5.74) is 0.742. The molecule has 1 unspecified atom stereocenters. The van der Waals surface area contributed by atoms with Crippen molar-refractivity contribution in [3.8, 4) is 11.8 Å². The van der Waals surface area contributed by atoms with Crippen molar-refractivity contribution >= 4 is 18.2 Å². The standard InChI is InChI=1S/C16H20N2O4/c1-16(2,3)22-15(21)18-14(10-19)9-6-12-4-7-13(8-5-12)17-11-20/h4-5,7-8,11,14,19H,10H2,1-3H3,(H,17,20)(H,18,21). The van der Waals surface area contributed by atoms with Crippen LogP contribution in [0.5, 0.6) is 0 Å². The number of nitrogens with one attached hydrogen (secondary N) is 2. The number of carbonyl (C=O) groups excluding carboxylic acids is 2. The molecule has 0 saturated heterocycles. The zero-order valence-electron chi connectivity index (χ0n) is 12.8. The fourth-order valence-electron chi connectivity index (χ4n) is 1.47. The molecule has 3 N–H and O–H groups in total. The normalized spacial score (nSPS) is 11.6. The molecule has 118 valence electrons. The minimum Gasteiger partial charge on any atom is -0.444 e. The molecule has 0 heterocycles. The summed E-state index contributed by atoms with van der Waals surface area (Å²) in [7, 11) is 0. The number of amides is 2. The Labute approximate surface area is 129 Å². The molecular weight excluding hydrogens is 284 g/mol. The molecule has 22 heavy (non-hydrogen) atoms. The minimum absolute atomic E-state index is 0.322.